The summed E-state index contributed by atoms with van der Waals surface area (Å²) in [7, 11) is 2.10. The lowest BCUT2D eigenvalue weighted by Gasteiger charge is -2.21. The molecule has 142 valence electrons. The maximum absolute atomic E-state index is 13.3. The fourth-order valence-corrected chi connectivity index (χ4v) is 4.10. The zero-order chi connectivity index (χ0) is 19.3. The minimum absolute atomic E-state index is 0.0274. The number of benzene rings is 1. The standard InChI is InChI=1S/C21H20ClN5O/c1-25-6-2-7-26(10-9-25)21(28)17-13-15-11-14-12-16(22)3-4-18(14)24-19(15)27-8-5-23-20(17)27/h3-5,8,11-13H,2,6-7,9-10H2,1H3. The van der Waals surface area contributed by atoms with Crippen LogP contribution in [0.5, 0.6) is 0 Å². The number of nitrogens with zero attached hydrogens (tertiary/aromatic N) is 5. The smallest absolute Gasteiger partial charge is 0.257 e. The molecule has 4 aromatic rings. The molecule has 5 rings (SSSR count). The van der Waals surface area contributed by atoms with Gasteiger partial charge in [0.15, 0.2) is 5.65 Å². The molecule has 6 nitrogen and oxygen atoms in total. The summed E-state index contributed by atoms with van der Waals surface area (Å²) in [6.07, 6.45) is 4.56. The van der Waals surface area contributed by atoms with E-state index in [1.807, 2.05) is 45.8 Å². The Morgan fingerprint density at radius 3 is 2.82 bits per heavy atom. The molecular weight excluding hydrogens is 374 g/mol. The van der Waals surface area contributed by atoms with Crippen LogP contribution in [-0.2, 0) is 0 Å². The molecule has 3 aromatic heterocycles. The van der Waals surface area contributed by atoms with E-state index < -0.39 is 0 Å². The van der Waals surface area contributed by atoms with Gasteiger partial charge < -0.3 is 9.80 Å². The fraction of sp³-hybridized carbons (Fsp3) is 0.286. The van der Waals surface area contributed by atoms with Crippen LogP contribution in [0.2, 0.25) is 5.02 Å². The number of carbonyl (C=O) groups is 1. The van der Waals surface area contributed by atoms with Gasteiger partial charge in [0.05, 0.1) is 11.1 Å². The van der Waals surface area contributed by atoms with E-state index in [1.165, 1.54) is 0 Å². The Bertz CT molecular complexity index is 1220. The van der Waals surface area contributed by atoms with Crippen molar-refractivity contribution in [1.82, 2.24) is 24.2 Å². The Balaban J connectivity index is 1.68. The molecule has 7 heteroatoms. The number of aromatic nitrogens is 3. The van der Waals surface area contributed by atoms with E-state index in [0.29, 0.717) is 16.2 Å². The van der Waals surface area contributed by atoms with Gasteiger partial charge in [0.25, 0.3) is 5.91 Å². The van der Waals surface area contributed by atoms with Crippen LogP contribution < -0.4 is 0 Å². The molecule has 0 saturated carbocycles. The van der Waals surface area contributed by atoms with Crippen molar-refractivity contribution in [2.75, 3.05) is 33.2 Å². The van der Waals surface area contributed by atoms with Crippen LogP contribution in [0, 0.1) is 0 Å². The molecule has 1 aliphatic heterocycles. The van der Waals surface area contributed by atoms with Crippen LogP contribution in [0.25, 0.3) is 27.6 Å². The van der Waals surface area contributed by atoms with Crippen LogP contribution in [0.15, 0.2) is 42.7 Å². The summed E-state index contributed by atoms with van der Waals surface area (Å²) < 4.78 is 1.90. The molecule has 1 fully saturated rings. The Kier molecular flexibility index (Phi) is 4.18. The normalized spacial score (nSPS) is 16.1. The molecule has 0 unspecified atom stereocenters. The lowest BCUT2D eigenvalue weighted by Crippen LogP contribution is -2.34. The monoisotopic (exact) mass is 393 g/mol. The van der Waals surface area contributed by atoms with Crippen molar-refractivity contribution in [3.05, 3.63) is 53.3 Å². The molecule has 1 saturated heterocycles. The number of hydrogen-bond acceptors (Lipinski definition) is 4. The Morgan fingerprint density at radius 2 is 1.93 bits per heavy atom. The third-order valence-corrected chi connectivity index (χ3v) is 5.67. The van der Waals surface area contributed by atoms with Crippen LogP contribution in [0.1, 0.15) is 16.8 Å². The van der Waals surface area contributed by atoms with E-state index in [9.17, 15) is 4.79 Å². The third kappa shape index (κ3) is 2.89. The van der Waals surface area contributed by atoms with E-state index in [1.54, 1.807) is 6.20 Å². The average molecular weight is 394 g/mol. The number of likely N-dealkylation sites (N-methyl/N-ethyl adjacent to an activating group) is 1. The van der Waals surface area contributed by atoms with Crippen LogP contribution >= 0.6 is 11.6 Å². The summed E-state index contributed by atoms with van der Waals surface area (Å²) in [5, 5.41) is 2.52. The molecule has 1 aliphatic rings. The minimum atomic E-state index is 0.0274. The number of halogens is 1. The van der Waals surface area contributed by atoms with E-state index in [2.05, 4.69) is 16.9 Å². The highest BCUT2D eigenvalue weighted by atomic mass is 35.5. The first kappa shape index (κ1) is 17.4. The molecule has 0 bridgehead atoms. The third-order valence-electron chi connectivity index (χ3n) is 5.43. The summed E-state index contributed by atoms with van der Waals surface area (Å²) >= 11 is 6.15. The van der Waals surface area contributed by atoms with Crippen LogP contribution in [0.4, 0.5) is 0 Å². The Labute approximate surface area is 167 Å². The number of carbonyl (C=O) groups excluding carboxylic acids is 1. The van der Waals surface area contributed by atoms with Crippen molar-refractivity contribution < 1.29 is 4.79 Å². The molecule has 0 atom stereocenters. The first-order valence-electron chi connectivity index (χ1n) is 9.44. The summed E-state index contributed by atoms with van der Waals surface area (Å²) in [4.78, 5) is 26.8. The summed E-state index contributed by atoms with van der Waals surface area (Å²) in [5.74, 6) is 0.0274. The van der Waals surface area contributed by atoms with Gasteiger partial charge in [-0.05, 0) is 50.3 Å². The minimum Gasteiger partial charge on any atom is -0.337 e. The van der Waals surface area contributed by atoms with E-state index in [-0.39, 0.29) is 5.91 Å². The van der Waals surface area contributed by atoms with Gasteiger partial charge in [0, 0.05) is 47.8 Å². The summed E-state index contributed by atoms with van der Waals surface area (Å²) in [6.45, 7) is 3.39. The molecule has 0 radical (unpaired) electrons. The highest BCUT2D eigenvalue weighted by Gasteiger charge is 2.23. The van der Waals surface area contributed by atoms with E-state index >= 15 is 0 Å². The van der Waals surface area contributed by atoms with Gasteiger partial charge in [-0.1, -0.05) is 11.6 Å². The molecule has 0 aliphatic carbocycles. The van der Waals surface area contributed by atoms with Crippen LogP contribution in [-0.4, -0.2) is 63.3 Å². The average Bonchev–Trinajstić information content (AvgIpc) is 3.08. The molecule has 28 heavy (non-hydrogen) atoms. The number of amides is 1. The highest BCUT2D eigenvalue weighted by Crippen LogP contribution is 2.26. The summed E-state index contributed by atoms with van der Waals surface area (Å²) in [6, 6.07) is 9.60. The van der Waals surface area contributed by atoms with Gasteiger partial charge in [-0.3, -0.25) is 9.20 Å². The zero-order valence-corrected chi connectivity index (χ0v) is 16.4. The lowest BCUT2D eigenvalue weighted by molar-refractivity contribution is 0.0764. The highest BCUT2D eigenvalue weighted by molar-refractivity contribution is 6.31. The molecule has 4 heterocycles. The molecule has 0 N–H and O–H groups in total. The van der Waals surface area contributed by atoms with Gasteiger partial charge >= 0.3 is 0 Å². The second kappa shape index (κ2) is 6.72. The number of rotatable bonds is 1. The first-order valence-corrected chi connectivity index (χ1v) is 9.82. The lowest BCUT2D eigenvalue weighted by atomic mass is 10.1. The van der Waals surface area contributed by atoms with Crippen molar-refractivity contribution in [3.8, 4) is 0 Å². The second-order valence-electron chi connectivity index (χ2n) is 7.37. The predicted octanol–water partition coefficient (Wildman–Crippen LogP) is 3.47. The quantitative estimate of drug-likeness (QED) is 0.465. The first-order chi connectivity index (χ1) is 13.6. The maximum atomic E-state index is 13.3. The molecule has 1 aromatic carbocycles. The topological polar surface area (TPSA) is 53.7 Å². The van der Waals surface area contributed by atoms with E-state index in [0.717, 1.165) is 54.5 Å². The predicted molar refractivity (Wildman–Crippen MR) is 111 cm³/mol. The summed E-state index contributed by atoms with van der Waals surface area (Å²) in [5.41, 5.74) is 2.91. The molecule has 1 amide bonds. The van der Waals surface area contributed by atoms with Gasteiger partial charge in [-0.25, -0.2) is 9.97 Å². The number of fused-ring (bicyclic) bond motifs is 4. The van der Waals surface area contributed by atoms with Crippen molar-refractivity contribution >= 4 is 45.1 Å². The second-order valence-corrected chi connectivity index (χ2v) is 7.80. The van der Waals surface area contributed by atoms with Gasteiger partial charge in [-0.15, -0.1) is 0 Å². The molecular formula is C21H20ClN5O. The number of pyridine rings is 2. The number of imidazole rings is 1. The maximum Gasteiger partial charge on any atom is 0.257 e. The van der Waals surface area contributed by atoms with Gasteiger partial charge in [-0.2, -0.15) is 0 Å². The Morgan fingerprint density at radius 1 is 1.04 bits per heavy atom. The zero-order valence-electron chi connectivity index (χ0n) is 15.6. The fourth-order valence-electron chi connectivity index (χ4n) is 3.92. The number of hydrogen-bond donors (Lipinski definition) is 0. The van der Waals surface area contributed by atoms with Crippen molar-refractivity contribution in [1.29, 1.82) is 0 Å². The van der Waals surface area contributed by atoms with Gasteiger partial charge in [0.1, 0.15) is 5.65 Å². The van der Waals surface area contributed by atoms with E-state index in [4.69, 9.17) is 16.6 Å². The van der Waals surface area contributed by atoms with Crippen molar-refractivity contribution in [2.45, 2.75) is 6.42 Å². The SMILES string of the molecule is CN1CCCN(C(=O)c2cc3cc4cc(Cl)ccc4nc3n3ccnc23)CC1. The van der Waals surface area contributed by atoms with Crippen molar-refractivity contribution in [2.24, 2.45) is 0 Å². The van der Waals surface area contributed by atoms with Crippen molar-refractivity contribution in [3.63, 3.8) is 0 Å². The Hall–Kier alpha value is -2.70. The largest absolute Gasteiger partial charge is 0.337 e. The van der Waals surface area contributed by atoms with Gasteiger partial charge in [0.2, 0.25) is 0 Å². The van der Waals surface area contributed by atoms with Crippen LogP contribution in [0.3, 0.4) is 0 Å². The molecule has 0 spiro atoms.